The number of aromatic hydroxyl groups is 1. The lowest BCUT2D eigenvalue weighted by Crippen LogP contribution is -2.37. The molecule has 0 unspecified atom stereocenters. The Kier molecular flexibility index (Phi) is 6.20. The Morgan fingerprint density at radius 3 is 2.80 bits per heavy atom. The van der Waals surface area contributed by atoms with Crippen LogP contribution in [0, 0.1) is 0 Å². The van der Waals surface area contributed by atoms with Crippen molar-refractivity contribution in [1.82, 2.24) is 14.8 Å². The number of carbonyl (C=O) groups is 1. The molecule has 0 atom stereocenters. The minimum absolute atomic E-state index is 0.00465. The number of rotatable bonds is 7. The average molecular weight is 282 g/mol. The second-order valence-corrected chi connectivity index (χ2v) is 4.47. The van der Waals surface area contributed by atoms with Crippen molar-refractivity contribution in [3.8, 4) is 5.75 Å². The zero-order valence-electron chi connectivity index (χ0n) is 11.9. The van der Waals surface area contributed by atoms with Crippen molar-refractivity contribution in [2.75, 3.05) is 32.7 Å². The summed E-state index contributed by atoms with van der Waals surface area (Å²) in [6.07, 6.45) is 1.45. The average Bonchev–Trinajstić information content (AvgIpc) is 2.43. The largest absolute Gasteiger partial charge is 0.502 e. The van der Waals surface area contributed by atoms with Crippen molar-refractivity contribution < 1.29 is 9.90 Å². The van der Waals surface area contributed by atoms with E-state index in [0.29, 0.717) is 19.6 Å². The second kappa shape index (κ2) is 7.66. The van der Waals surface area contributed by atoms with Crippen LogP contribution in [0.1, 0.15) is 17.3 Å². The summed E-state index contributed by atoms with van der Waals surface area (Å²) in [6, 6.07) is 1.42. The van der Waals surface area contributed by atoms with E-state index in [1.54, 1.807) is 0 Å². The number of likely N-dealkylation sites (N-methyl/N-ethyl adjacent to an activating group) is 1. The van der Waals surface area contributed by atoms with Gasteiger partial charge in [0, 0.05) is 39.4 Å². The van der Waals surface area contributed by atoms with Gasteiger partial charge in [0.15, 0.2) is 5.75 Å². The molecule has 0 spiro atoms. The van der Waals surface area contributed by atoms with Crippen molar-refractivity contribution in [2.24, 2.45) is 12.8 Å². The second-order valence-electron chi connectivity index (χ2n) is 4.47. The molecule has 7 nitrogen and oxygen atoms in total. The summed E-state index contributed by atoms with van der Waals surface area (Å²) >= 11 is 0. The molecule has 0 bridgehead atoms. The minimum atomic E-state index is -0.587. The highest BCUT2D eigenvalue weighted by atomic mass is 16.3. The summed E-state index contributed by atoms with van der Waals surface area (Å²) in [6.45, 7) is 5.31. The van der Waals surface area contributed by atoms with Crippen LogP contribution in [-0.2, 0) is 7.05 Å². The Hall–Kier alpha value is -1.86. The van der Waals surface area contributed by atoms with E-state index < -0.39 is 17.2 Å². The number of aryl methyl sites for hydroxylation is 1. The van der Waals surface area contributed by atoms with Crippen LogP contribution < -0.4 is 16.6 Å². The third-order valence-corrected chi connectivity index (χ3v) is 3.09. The van der Waals surface area contributed by atoms with Crippen LogP contribution >= 0.6 is 0 Å². The summed E-state index contributed by atoms with van der Waals surface area (Å²) in [5.41, 5.74) is 4.89. The van der Waals surface area contributed by atoms with Crippen LogP contribution in [0.4, 0.5) is 0 Å². The highest BCUT2D eigenvalue weighted by Crippen LogP contribution is 2.09. The van der Waals surface area contributed by atoms with Gasteiger partial charge in [0.1, 0.15) is 0 Å². The summed E-state index contributed by atoms with van der Waals surface area (Å²) < 4.78 is 1.21. The molecular weight excluding hydrogens is 260 g/mol. The van der Waals surface area contributed by atoms with Gasteiger partial charge < -0.3 is 25.6 Å². The van der Waals surface area contributed by atoms with E-state index in [-0.39, 0.29) is 5.56 Å². The third kappa shape index (κ3) is 4.07. The maximum atomic E-state index is 11.9. The predicted molar refractivity (Wildman–Crippen MR) is 76.8 cm³/mol. The molecule has 0 aliphatic rings. The van der Waals surface area contributed by atoms with Crippen molar-refractivity contribution in [3.63, 3.8) is 0 Å². The molecular formula is C13H22N4O3. The number of hydrogen-bond donors (Lipinski definition) is 3. The number of pyridine rings is 1. The van der Waals surface area contributed by atoms with Crippen LogP contribution in [0.3, 0.4) is 0 Å². The van der Waals surface area contributed by atoms with E-state index in [4.69, 9.17) is 5.73 Å². The predicted octanol–water partition coefficient (Wildman–Crippen LogP) is -0.899. The molecule has 0 saturated carbocycles. The molecule has 1 amide bonds. The first-order valence-electron chi connectivity index (χ1n) is 6.60. The van der Waals surface area contributed by atoms with Gasteiger partial charge >= 0.3 is 0 Å². The molecule has 0 radical (unpaired) electrons. The number of carbonyl (C=O) groups excluding carboxylic acids is 1. The van der Waals surface area contributed by atoms with Gasteiger partial charge in [-0.25, -0.2) is 0 Å². The Labute approximate surface area is 118 Å². The van der Waals surface area contributed by atoms with Gasteiger partial charge in [-0.15, -0.1) is 0 Å². The number of aromatic nitrogens is 1. The highest BCUT2D eigenvalue weighted by Gasteiger charge is 2.14. The number of nitrogens with zero attached hydrogens (tertiary/aromatic N) is 2. The number of nitrogens with two attached hydrogens (primary N) is 1. The molecule has 0 saturated heterocycles. The van der Waals surface area contributed by atoms with Crippen molar-refractivity contribution in [3.05, 3.63) is 28.2 Å². The maximum absolute atomic E-state index is 11.9. The van der Waals surface area contributed by atoms with Gasteiger partial charge in [0.05, 0.1) is 5.56 Å². The molecule has 1 aromatic heterocycles. The number of hydrogen-bond acceptors (Lipinski definition) is 5. The minimum Gasteiger partial charge on any atom is -0.502 e. The van der Waals surface area contributed by atoms with Crippen LogP contribution in [-0.4, -0.2) is 53.2 Å². The maximum Gasteiger partial charge on any atom is 0.293 e. The van der Waals surface area contributed by atoms with Gasteiger partial charge in [0.2, 0.25) is 0 Å². The van der Waals surface area contributed by atoms with Crippen LogP contribution in [0.2, 0.25) is 0 Å². The first-order valence-corrected chi connectivity index (χ1v) is 6.60. The Balaban J connectivity index is 2.60. The molecule has 20 heavy (non-hydrogen) atoms. The van der Waals surface area contributed by atoms with E-state index >= 15 is 0 Å². The first-order chi connectivity index (χ1) is 9.51. The van der Waals surface area contributed by atoms with Gasteiger partial charge in [-0.2, -0.15) is 0 Å². The fourth-order valence-electron chi connectivity index (χ4n) is 1.83. The Bertz CT molecular complexity index is 513. The SMILES string of the molecule is CCN(CCN)CCNC(=O)c1ccn(C)c(=O)c1O. The van der Waals surface area contributed by atoms with E-state index in [1.165, 1.54) is 23.9 Å². The van der Waals surface area contributed by atoms with Crippen molar-refractivity contribution in [2.45, 2.75) is 6.92 Å². The molecule has 112 valence electrons. The lowest BCUT2D eigenvalue weighted by atomic mass is 10.2. The molecule has 1 aromatic rings. The molecule has 4 N–H and O–H groups in total. The lowest BCUT2D eigenvalue weighted by molar-refractivity contribution is 0.0945. The van der Waals surface area contributed by atoms with Crippen LogP contribution in [0.25, 0.3) is 0 Å². The highest BCUT2D eigenvalue weighted by molar-refractivity contribution is 5.96. The molecule has 1 heterocycles. The van der Waals surface area contributed by atoms with E-state index in [2.05, 4.69) is 10.2 Å². The topological polar surface area (TPSA) is 101 Å². The molecule has 7 heteroatoms. The van der Waals surface area contributed by atoms with Gasteiger partial charge in [-0.3, -0.25) is 9.59 Å². The summed E-state index contributed by atoms with van der Waals surface area (Å²) in [4.78, 5) is 25.5. The molecule has 0 aliphatic carbocycles. The van der Waals surface area contributed by atoms with Crippen molar-refractivity contribution in [1.29, 1.82) is 0 Å². The molecule has 0 aliphatic heterocycles. The fraction of sp³-hybridized carbons (Fsp3) is 0.538. The monoisotopic (exact) mass is 282 g/mol. The number of nitrogens with one attached hydrogen (secondary N) is 1. The molecule has 0 aromatic carbocycles. The van der Waals surface area contributed by atoms with Gasteiger partial charge in [0.25, 0.3) is 11.5 Å². The Morgan fingerprint density at radius 2 is 2.20 bits per heavy atom. The summed E-state index contributed by atoms with van der Waals surface area (Å²) in [5, 5.41) is 12.3. The summed E-state index contributed by atoms with van der Waals surface area (Å²) in [5.74, 6) is -0.981. The number of amides is 1. The molecule has 0 fully saturated rings. The lowest BCUT2D eigenvalue weighted by Gasteiger charge is -2.19. The quantitative estimate of drug-likeness (QED) is 0.602. The zero-order chi connectivity index (χ0) is 15.1. The van der Waals surface area contributed by atoms with E-state index in [0.717, 1.165) is 13.1 Å². The van der Waals surface area contributed by atoms with E-state index in [1.807, 2.05) is 6.92 Å². The summed E-state index contributed by atoms with van der Waals surface area (Å²) in [7, 11) is 1.51. The fourth-order valence-corrected chi connectivity index (χ4v) is 1.83. The zero-order valence-corrected chi connectivity index (χ0v) is 11.9. The standard InChI is InChI=1S/C13H22N4O3/c1-3-17(8-5-14)9-6-15-12(19)10-4-7-16(2)13(20)11(10)18/h4,7,18H,3,5-6,8-9,14H2,1-2H3,(H,15,19). The van der Waals surface area contributed by atoms with Crippen molar-refractivity contribution >= 4 is 5.91 Å². The van der Waals surface area contributed by atoms with Crippen LogP contribution in [0.5, 0.6) is 5.75 Å². The molecule has 1 rings (SSSR count). The van der Waals surface area contributed by atoms with Gasteiger partial charge in [-0.05, 0) is 12.6 Å². The third-order valence-electron chi connectivity index (χ3n) is 3.09. The Morgan fingerprint density at radius 1 is 1.50 bits per heavy atom. The van der Waals surface area contributed by atoms with Crippen LogP contribution in [0.15, 0.2) is 17.1 Å². The smallest absolute Gasteiger partial charge is 0.293 e. The first kappa shape index (κ1) is 16.2. The normalized spacial score (nSPS) is 10.8. The van der Waals surface area contributed by atoms with E-state index in [9.17, 15) is 14.7 Å². The van der Waals surface area contributed by atoms with Gasteiger partial charge in [-0.1, -0.05) is 6.92 Å².